The molecular formula is C17H22N4O2. The number of carbonyl (C=O) groups excluding carboxylic acids is 1. The van der Waals surface area contributed by atoms with E-state index in [4.69, 9.17) is 4.74 Å². The Kier molecular flexibility index (Phi) is 4.43. The highest BCUT2D eigenvalue weighted by molar-refractivity contribution is 5.94. The first-order valence-corrected chi connectivity index (χ1v) is 7.83. The molecule has 0 saturated carbocycles. The third-order valence-corrected chi connectivity index (χ3v) is 4.31. The van der Waals surface area contributed by atoms with Crippen molar-refractivity contribution in [2.75, 3.05) is 20.2 Å². The highest BCUT2D eigenvalue weighted by Gasteiger charge is 2.30. The summed E-state index contributed by atoms with van der Waals surface area (Å²) in [6.45, 7) is 5.89. The third kappa shape index (κ3) is 3.12. The van der Waals surface area contributed by atoms with Crippen molar-refractivity contribution in [1.82, 2.24) is 19.4 Å². The van der Waals surface area contributed by atoms with E-state index in [0.29, 0.717) is 18.7 Å². The van der Waals surface area contributed by atoms with Gasteiger partial charge in [0.05, 0.1) is 11.6 Å². The van der Waals surface area contributed by atoms with Crippen molar-refractivity contribution in [2.45, 2.75) is 32.9 Å². The van der Waals surface area contributed by atoms with Crippen molar-refractivity contribution in [1.29, 1.82) is 0 Å². The Morgan fingerprint density at radius 1 is 1.30 bits per heavy atom. The zero-order valence-corrected chi connectivity index (χ0v) is 13.8. The lowest BCUT2D eigenvalue weighted by atomic mass is 10.2. The van der Waals surface area contributed by atoms with Gasteiger partial charge in [0.2, 0.25) is 0 Å². The van der Waals surface area contributed by atoms with Gasteiger partial charge in [-0.25, -0.2) is 4.98 Å². The van der Waals surface area contributed by atoms with Gasteiger partial charge in [-0.1, -0.05) is 0 Å². The maximum absolute atomic E-state index is 12.6. The van der Waals surface area contributed by atoms with E-state index in [2.05, 4.69) is 14.5 Å². The lowest BCUT2D eigenvalue weighted by molar-refractivity contribution is 0.0786. The molecule has 0 spiro atoms. The van der Waals surface area contributed by atoms with E-state index >= 15 is 0 Å². The standard InChI is InChI=1S/C17H22N4O2/c1-12-4-5-14(9-18-12)17(22)20-7-6-15(10-20)21-13(2)8-19-16(21)11-23-3/h4-5,8-9,15H,6-7,10-11H2,1-3H3. The summed E-state index contributed by atoms with van der Waals surface area (Å²) in [7, 11) is 1.67. The van der Waals surface area contributed by atoms with Crippen molar-refractivity contribution in [3.05, 3.63) is 47.3 Å². The molecule has 6 heteroatoms. The number of aromatic nitrogens is 3. The number of hydrogen-bond donors (Lipinski definition) is 0. The van der Waals surface area contributed by atoms with Crippen LogP contribution in [0.2, 0.25) is 0 Å². The summed E-state index contributed by atoms with van der Waals surface area (Å²) in [5.74, 6) is 0.965. The molecule has 3 heterocycles. The van der Waals surface area contributed by atoms with Gasteiger partial charge in [-0.05, 0) is 32.4 Å². The molecule has 122 valence electrons. The van der Waals surface area contributed by atoms with Gasteiger partial charge in [0, 0.05) is 44.0 Å². The monoisotopic (exact) mass is 314 g/mol. The predicted octanol–water partition coefficient (Wildman–Crippen LogP) is 2.13. The van der Waals surface area contributed by atoms with E-state index in [1.54, 1.807) is 13.3 Å². The number of methoxy groups -OCH3 is 1. The molecule has 0 radical (unpaired) electrons. The summed E-state index contributed by atoms with van der Waals surface area (Å²) in [6, 6.07) is 3.97. The maximum Gasteiger partial charge on any atom is 0.255 e. The Labute approximate surface area is 136 Å². The molecule has 1 atom stereocenters. The van der Waals surface area contributed by atoms with Crippen molar-refractivity contribution in [3.8, 4) is 0 Å². The van der Waals surface area contributed by atoms with Crippen LogP contribution in [0.15, 0.2) is 24.5 Å². The predicted molar refractivity (Wildman–Crippen MR) is 86.2 cm³/mol. The number of rotatable bonds is 4. The summed E-state index contributed by atoms with van der Waals surface area (Å²) in [5, 5.41) is 0. The topological polar surface area (TPSA) is 60.2 Å². The van der Waals surface area contributed by atoms with Crippen LogP contribution >= 0.6 is 0 Å². The number of likely N-dealkylation sites (tertiary alicyclic amines) is 1. The number of imidazole rings is 1. The smallest absolute Gasteiger partial charge is 0.255 e. The minimum atomic E-state index is 0.0473. The average Bonchev–Trinajstić information content (AvgIpc) is 3.15. The van der Waals surface area contributed by atoms with Crippen LogP contribution in [0.3, 0.4) is 0 Å². The molecule has 1 aliphatic heterocycles. The Morgan fingerprint density at radius 3 is 2.83 bits per heavy atom. The van der Waals surface area contributed by atoms with E-state index in [0.717, 1.165) is 30.2 Å². The fourth-order valence-electron chi connectivity index (χ4n) is 3.14. The summed E-state index contributed by atoms with van der Waals surface area (Å²) in [6.07, 6.45) is 4.45. The van der Waals surface area contributed by atoms with E-state index in [1.165, 1.54) is 0 Å². The van der Waals surface area contributed by atoms with Gasteiger partial charge in [-0.3, -0.25) is 9.78 Å². The lowest BCUT2D eigenvalue weighted by Gasteiger charge is -2.19. The number of carbonyl (C=O) groups is 1. The number of aryl methyl sites for hydroxylation is 2. The second kappa shape index (κ2) is 6.50. The highest BCUT2D eigenvalue weighted by Crippen LogP contribution is 2.26. The van der Waals surface area contributed by atoms with Gasteiger partial charge in [-0.15, -0.1) is 0 Å². The summed E-state index contributed by atoms with van der Waals surface area (Å²) >= 11 is 0. The molecule has 2 aromatic rings. The molecule has 3 rings (SSSR count). The molecule has 1 fully saturated rings. The Balaban J connectivity index is 1.75. The fourth-order valence-corrected chi connectivity index (χ4v) is 3.14. The van der Waals surface area contributed by atoms with Crippen LogP contribution in [0.1, 0.15) is 40.0 Å². The van der Waals surface area contributed by atoms with E-state index in [9.17, 15) is 4.79 Å². The first-order valence-electron chi connectivity index (χ1n) is 7.83. The third-order valence-electron chi connectivity index (χ3n) is 4.31. The van der Waals surface area contributed by atoms with Gasteiger partial charge in [0.25, 0.3) is 5.91 Å². The first-order chi connectivity index (χ1) is 11.1. The van der Waals surface area contributed by atoms with Gasteiger partial charge in [0.15, 0.2) is 0 Å². The number of hydrogen-bond acceptors (Lipinski definition) is 4. The van der Waals surface area contributed by atoms with Crippen molar-refractivity contribution >= 4 is 5.91 Å². The minimum absolute atomic E-state index is 0.0473. The number of nitrogens with zero attached hydrogens (tertiary/aromatic N) is 4. The maximum atomic E-state index is 12.6. The zero-order valence-electron chi connectivity index (χ0n) is 13.8. The Hall–Kier alpha value is -2.21. The summed E-state index contributed by atoms with van der Waals surface area (Å²) in [4.78, 5) is 23.1. The highest BCUT2D eigenvalue weighted by atomic mass is 16.5. The fraction of sp³-hybridized carbons (Fsp3) is 0.471. The molecule has 1 saturated heterocycles. The van der Waals surface area contributed by atoms with E-state index in [1.807, 2.05) is 37.1 Å². The van der Waals surface area contributed by atoms with E-state index < -0.39 is 0 Å². The van der Waals surface area contributed by atoms with Crippen molar-refractivity contribution in [2.24, 2.45) is 0 Å². The molecule has 1 unspecified atom stereocenters. The molecule has 0 aromatic carbocycles. The van der Waals surface area contributed by atoms with Gasteiger partial charge >= 0.3 is 0 Å². The van der Waals surface area contributed by atoms with Crippen LogP contribution in [0, 0.1) is 13.8 Å². The minimum Gasteiger partial charge on any atom is -0.377 e. The van der Waals surface area contributed by atoms with Crippen molar-refractivity contribution in [3.63, 3.8) is 0 Å². The van der Waals surface area contributed by atoms with Gasteiger partial charge in [0.1, 0.15) is 12.4 Å². The molecule has 1 aliphatic rings. The second-order valence-corrected chi connectivity index (χ2v) is 6.00. The van der Waals surface area contributed by atoms with Crippen LogP contribution in [-0.2, 0) is 11.3 Å². The molecule has 6 nitrogen and oxygen atoms in total. The molecule has 2 aromatic heterocycles. The van der Waals surface area contributed by atoms with Gasteiger partial charge in [-0.2, -0.15) is 0 Å². The summed E-state index contributed by atoms with van der Waals surface area (Å²) in [5.41, 5.74) is 2.67. The lowest BCUT2D eigenvalue weighted by Crippen LogP contribution is -2.29. The zero-order chi connectivity index (χ0) is 16.4. The average molecular weight is 314 g/mol. The van der Waals surface area contributed by atoms with E-state index in [-0.39, 0.29) is 11.9 Å². The second-order valence-electron chi connectivity index (χ2n) is 6.00. The molecule has 23 heavy (non-hydrogen) atoms. The first kappa shape index (κ1) is 15.7. The van der Waals surface area contributed by atoms with Crippen LogP contribution < -0.4 is 0 Å². The van der Waals surface area contributed by atoms with Crippen LogP contribution in [0.5, 0.6) is 0 Å². The molecular weight excluding hydrogens is 292 g/mol. The number of amides is 1. The number of pyridine rings is 1. The van der Waals surface area contributed by atoms with Crippen molar-refractivity contribution < 1.29 is 9.53 Å². The quantitative estimate of drug-likeness (QED) is 0.867. The van der Waals surface area contributed by atoms with Crippen LogP contribution in [-0.4, -0.2) is 45.5 Å². The normalized spacial score (nSPS) is 17.7. The molecule has 1 amide bonds. The number of ether oxygens (including phenoxy) is 1. The van der Waals surface area contributed by atoms with Crippen LogP contribution in [0.25, 0.3) is 0 Å². The molecule has 0 N–H and O–H groups in total. The Morgan fingerprint density at radius 2 is 2.13 bits per heavy atom. The van der Waals surface area contributed by atoms with Crippen LogP contribution in [0.4, 0.5) is 0 Å². The molecule has 0 aliphatic carbocycles. The largest absolute Gasteiger partial charge is 0.377 e. The summed E-state index contributed by atoms with van der Waals surface area (Å²) < 4.78 is 7.42. The Bertz CT molecular complexity index is 693. The van der Waals surface area contributed by atoms with Gasteiger partial charge < -0.3 is 14.2 Å². The SMILES string of the molecule is COCc1ncc(C)n1C1CCN(C(=O)c2ccc(C)nc2)C1. The molecule has 0 bridgehead atoms.